The highest BCUT2D eigenvalue weighted by Gasteiger charge is 2.25. The maximum absolute atomic E-state index is 12.9. The van der Waals surface area contributed by atoms with Crippen LogP contribution < -0.4 is 10.6 Å². The summed E-state index contributed by atoms with van der Waals surface area (Å²) in [7, 11) is 0. The highest BCUT2D eigenvalue weighted by molar-refractivity contribution is 6.42. The normalized spacial score (nSPS) is 11.8. The summed E-state index contributed by atoms with van der Waals surface area (Å²) in [5.74, 6) is -1.58. The Bertz CT molecular complexity index is 905. The van der Waals surface area contributed by atoms with Gasteiger partial charge in [0.1, 0.15) is 5.60 Å². The average molecular weight is 424 g/mol. The Kier molecular flexibility index (Phi) is 8.49. The van der Waals surface area contributed by atoms with Gasteiger partial charge in [-0.25, -0.2) is 4.79 Å². The first kappa shape index (κ1) is 23.8. The molecule has 0 radical (unpaired) electrons. The molecule has 0 aliphatic heterocycles. The maximum atomic E-state index is 12.9. The molecule has 1 atom stereocenters. The molecule has 2 rings (SSSR count). The molecule has 0 aliphatic carbocycles. The summed E-state index contributed by atoms with van der Waals surface area (Å²) in [6.07, 6.45) is -0.0373. The number of alkyl carbamates (subject to hydrolysis) is 1. The summed E-state index contributed by atoms with van der Waals surface area (Å²) in [6, 6.07) is 16.1. The van der Waals surface area contributed by atoms with Crippen molar-refractivity contribution in [1.82, 2.24) is 10.6 Å². The lowest BCUT2D eigenvalue weighted by Crippen LogP contribution is -2.44. The molecule has 2 aromatic rings. The minimum atomic E-state index is -0.820. The molecule has 31 heavy (non-hydrogen) atoms. The van der Waals surface area contributed by atoms with E-state index in [2.05, 4.69) is 10.6 Å². The van der Waals surface area contributed by atoms with Gasteiger partial charge in [0, 0.05) is 17.7 Å². The molecule has 2 amide bonds. The number of hydrogen-bond donors (Lipinski definition) is 2. The SMILES string of the molecule is CC(C)(C)OC(=O)N[C@@H](CCCNC(=O)C(=O)c1ccccc1)C(=O)c1ccccc1. The largest absolute Gasteiger partial charge is 0.444 e. The molecule has 7 nitrogen and oxygen atoms in total. The molecule has 0 spiro atoms. The Morgan fingerprint density at radius 3 is 1.97 bits per heavy atom. The summed E-state index contributed by atoms with van der Waals surface area (Å²) in [6.45, 7) is 5.39. The summed E-state index contributed by atoms with van der Waals surface area (Å²) in [5.41, 5.74) is 0.0755. The van der Waals surface area contributed by atoms with E-state index in [-0.39, 0.29) is 18.7 Å². The van der Waals surface area contributed by atoms with E-state index < -0.39 is 29.4 Å². The molecule has 0 heterocycles. The molecule has 7 heteroatoms. The molecule has 0 aromatic heterocycles. The standard InChI is InChI=1S/C24H28N2O5/c1-24(2,3)31-23(30)26-19(20(27)17-11-6-4-7-12-17)15-10-16-25-22(29)21(28)18-13-8-5-9-14-18/h4-9,11-14,19H,10,15-16H2,1-3H3,(H,25,29)(H,26,30)/t19-/m0/s1. The van der Waals surface area contributed by atoms with Crippen molar-refractivity contribution in [1.29, 1.82) is 0 Å². The minimum absolute atomic E-state index is 0.186. The van der Waals surface area contributed by atoms with Crippen LogP contribution in [0.2, 0.25) is 0 Å². The molecule has 2 aromatic carbocycles. The van der Waals surface area contributed by atoms with E-state index >= 15 is 0 Å². The lowest BCUT2D eigenvalue weighted by atomic mass is 10.00. The Morgan fingerprint density at radius 2 is 1.42 bits per heavy atom. The van der Waals surface area contributed by atoms with Gasteiger partial charge >= 0.3 is 6.09 Å². The fourth-order valence-corrected chi connectivity index (χ4v) is 2.83. The number of benzene rings is 2. The molecule has 164 valence electrons. The van der Waals surface area contributed by atoms with Crippen molar-refractivity contribution in [2.45, 2.75) is 45.3 Å². The fourth-order valence-electron chi connectivity index (χ4n) is 2.83. The first-order valence-electron chi connectivity index (χ1n) is 10.1. The first-order chi connectivity index (χ1) is 14.7. The van der Waals surface area contributed by atoms with Crippen LogP contribution in [0, 0.1) is 0 Å². The van der Waals surface area contributed by atoms with Crippen molar-refractivity contribution in [2.75, 3.05) is 6.54 Å². The summed E-state index contributed by atoms with van der Waals surface area (Å²) < 4.78 is 5.26. The van der Waals surface area contributed by atoms with Crippen molar-refractivity contribution in [3.8, 4) is 0 Å². The Morgan fingerprint density at radius 1 is 0.871 bits per heavy atom. The lowest BCUT2D eigenvalue weighted by Gasteiger charge is -2.23. The van der Waals surface area contributed by atoms with Crippen LogP contribution >= 0.6 is 0 Å². The van der Waals surface area contributed by atoms with E-state index in [4.69, 9.17) is 4.74 Å². The second-order valence-electron chi connectivity index (χ2n) is 8.02. The second-order valence-corrected chi connectivity index (χ2v) is 8.02. The lowest BCUT2D eigenvalue weighted by molar-refractivity contribution is -0.117. The molecule has 2 N–H and O–H groups in total. The Balaban J connectivity index is 1.94. The molecule has 0 bridgehead atoms. The van der Waals surface area contributed by atoms with Gasteiger partial charge in [-0.05, 0) is 33.6 Å². The third-order valence-corrected chi connectivity index (χ3v) is 4.26. The molecule has 0 saturated heterocycles. The van der Waals surface area contributed by atoms with Gasteiger partial charge in [-0.15, -0.1) is 0 Å². The number of nitrogens with one attached hydrogen (secondary N) is 2. The van der Waals surface area contributed by atoms with Crippen molar-refractivity contribution < 1.29 is 23.9 Å². The van der Waals surface area contributed by atoms with Gasteiger partial charge < -0.3 is 15.4 Å². The highest BCUT2D eigenvalue weighted by Crippen LogP contribution is 2.11. The molecule has 0 aliphatic rings. The van der Waals surface area contributed by atoms with E-state index in [1.165, 1.54) is 0 Å². The number of carbonyl (C=O) groups is 4. The van der Waals surface area contributed by atoms with Gasteiger partial charge in [0.05, 0.1) is 6.04 Å². The topological polar surface area (TPSA) is 102 Å². The number of Topliss-reactive ketones (excluding diaryl/α,β-unsaturated/α-hetero) is 2. The van der Waals surface area contributed by atoms with Crippen LogP contribution in [0.1, 0.15) is 54.3 Å². The van der Waals surface area contributed by atoms with Crippen LogP contribution in [0.15, 0.2) is 60.7 Å². The van der Waals surface area contributed by atoms with Crippen LogP contribution in [0.4, 0.5) is 4.79 Å². The van der Waals surface area contributed by atoms with E-state index in [0.717, 1.165) is 0 Å². The van der Waals surface area contributed by atoms with Crippen molar-refractivity contribution in [3.63, 3.8) is 0 Å². The monoisotopic (exact) mass is 424 g/mol. The number of ketones is 2. The highest BCUT2D eigenvalue weighted by atomic mass is 16.6. The zero-order chi connectivity index (χ0) is 22.9. The smallest absolute Gasteiger partial charge is 0.408 e. The minimum Gasteiger partial charge on any atom is -0.444 e. The van der Waals surface area contributed by atoms with Crippen LogP contribution in [-0.4, -0.2) is 41.8 Å². The number of hydrogen-bond acceptors (Lipinski definition) is 5. The van der Waals surface area contributed by atoms with Crippen molar-refractivity contribution in [2.24, 2.45) is 0 Å². The van der Waals surface area contributed by atoms with Gasteiger partial charge in [0.2, 0.25) is 5.78 Å². The number of carbonyl (C=O) groups excluding carboxylic acids is 4. The first-order valence-corrected chi connectivity index (χ1v) is 10.1. The maximum Gasteiger partial charge on any atom is 0.408 e. The second kappa shape index (κ2) is 11.1. The van der Waals surface area contributed by atoms with Gasteiger partial charge in [0.15, 0.2) is 5.78 Å². The van der Waals surface area contributed by atoms with E-state index in [0.29, 0.717) is 17.5 Å². The van der Waals surface area contributed by atoms with Gasteiger partial charge in [0.25, 0.3) is 5.91 Å². The Labute approximate surface area is 182 Å². The van der Waals surface area contributed by atoms with Crippen LogP contribution in [0.3, 0.4) is 0 Å². The van der Waals surface area contributed by atoms with Gasteiger partial charge in [-0.3, -0.25) is 14.4 Å². The molecular weight excluding hydrogens is 396 g/mol. The summed E-state index contributed by atoms with van der Waals surface area (Å²) in [4.78, 5) is 49.2. The van der Waals surface area contributed by atoms with E-state index in [9.17, 15) is 19.2 Å². The predicted molar refractivity (Wildman–Crippen MR) is 117 cm³/mol. The molecule has 0 fully saturated rings. The molecule has 0 saturated carbocycles. The third kappa shape index (κ3) is 8.04. The van der Waals surface area contributed by atoms with Crippen molar-refractivity contribution in [3.05, 3.63) is 71.8 Å². The van der Waals surface area contributed by atoms with Crippen molar-refractivity contribution >= 4 is 23.6 Å². The van der Waals surface area contributed by atoms with Gasteiger partial charge in [-0.2, -0.15) is 0 Å². The van der Waals surface area contributed by atoms with Crippen LogP contribution in [-0.2, 0) is 9.53 Å². The fraction of sp³-hybridized carbons (Fsp3) is 0.333. The molecule has 0 unspecified atom stereocenters. The Hall–Kier alpha value is -3.48. The average Bonchev–Trinajstić information content (AvgIpc) is 2.74. The number of amides is 2. The summed E-state index contributed by atoms with van der Waals surface area (Å²) in [5, 5.41) is 5.18. The zero-order valence-corrected chi connectivity index (χ0v) is 18.0. The van der Waals surface area contributed by atoms with E-state index in [1.807, 2.05) is 0 Å². The quantitative estimate of drug-likeness (QED) is 0.364. The summed E-state index contributed by atoms with van der Waals surface area (Å²) >= 11 is 0. The predicted octanol–water partition coefficient (Wildman–Crippen LogP) is 3.54. The van der Waals surface area contributed by atoms with Crippen LogP contribution in [0.5, 0.6) is 0 Å². The third-order valence-electron chi connectivity index (χ3n) is 4.26. The number of ether oxygens (including phenoxy) is 1. The number of rotatable bonds is 9. The zero-order valence-electron chi connectivity index (χ0n) is 18.0. The molecular formula is C24H28N2O5. The van der Waals surface area contributed by atoms with Gasteiger partial charge in [-0.1, -0.05) is 60.7 Å². The van der Waals surface area contributed by atoms with E-state index in [1.54, 1.807) is 81.4 Å². The van der Waals surface area contributed by atoms with Crippen LogP contribution in [0.25, 0.3) is 0 Å².